The van der Waals surface area contributed by atoms with Gasteiger partial charge in [-0.05, 0) is 49.8 Å². The molecule has 1 aliphatic rings. The van der Waals surface area contributed by atoms with Gasteiger partial charge in [0.05, 0.1) is 20.8 Å². The van der Waals surface area contributed by atoms with Gasteiger partial charge in [-0.2, -0.15) is 0 Å². The summed E-state index contributed by atoms with van der Waals surface area (Å²) in [4.78, 5) is 59.1. The van der Waals surface area contributed by atoms with Crippen LogP contribution in [-0.4, -0.2) is 70.1 Å². The maximum absolute atomic E-state index is 12.7. The summed E-state index contributed by atoms with van der Waals surface area (Å²) in [6, 6.07) is 4.28. The summed E-state index contributed by atoms with van der Waals surface area (Å²) in [6.07, 6.45) is 3.06. The van der Waals surface area contributed by atoms with E-state index in [0.29, 0.717) is 25.3 Å². The van der Waals surface area contributed by atoms with Crippen LogP contribution in [0.25, 0.3) is 0 Å². The molecule has 0 radical (unpaired) electrons. The molecular weight excluding hydrogens is 460 g/mol. The average molecular weight is 493 g/mol. The molecule has 1 aromatic rings. The Morgan fingerprint density at radius 3 is 2.03 bits per heavy atom. The van der Waals surface area contributed by atoms with E-state index >= 15 is 0 Å². The molecule has 2 rings (SSSR count). The third kappa shape index (κ3) is 9.26. The number of rotatable bonds is 12. The highest BCUT2D eigenvalue weighted by Gasteiger charge is 2.26. The molecule has 192 valence electrons. The quantitative estimate of drug-likeness (QED) is 0.323. The molecule has 35 heavy (non-hydrogen) atoms. The fraction of sp³-hybridized carbons (Fsp3) is 0.542. The zero-order chi connectivity index (χ0) is 25.8. The van der Waals surface area contributed by atoms with Crippen molar-refractivity contribution < 1.29 is 42.9 Å². The van der Waals surface area contributed by atoms with Crippen LogP contribution < -0.4 is 20.1 Å². The summed E-state index contributed by atoms with van der Waals surface area (Å²) in [7, 11) is 2.42. The first-order valence-corrected chi connectivity index (χ1v) is 11.3. The van der Waals surface area contributed by atoms with E-state index in [1.54, 1.807) is 0 Å². The van der Waals surface area contributed by atoms with Crippen molar-refractivity contribution in [2.24, 2.45) is 11.8 Å². The summed E-state index contributed by atoms with van der Waals surface area (Å²) >= 11 is 0. The highest BCUT2D eigenvalue weighted by Crippen LogP contribution is 2.30. The molecule has 0 atom stereocenters. The van der Waals surface area contributed by atoms with Gasteiger partial charge in [-0.25, -0.2) is 9.59 Å². The van der Waals surface area contributed by atoms with E-state index in [9.17, 15) is 24.0 Å². The number of methoxy groups -OCH3 is 2. The van der Waals surface area contributed by atoms with Crippen LogP contribution in [0, 0.1) is 11.8 Å². The van der Waals surface area contributed by atoms with Gasteiger partial charge in [0.15, 0.2) is 30.5 Å². The van der Waals surface area contributed by atoms with Crippen LogP contribution in [0.1, 0.15) is 43.0 Å². The Morgan fingerprint density at radius 1 is 0.857 bits per heavy atom. The van der Waals surface area contributed by atoms with Crippen molar-refractivity contribution in [3.8, 4) is 11.5 Å². The zero-order valence-electron chi connectivity index (χ0n) is 20.2. The Kier molecular flexibility index (Phi) is 11.0. The van der Waals surface area contributed by atoms with Gasteiger partial charge >= 0.3 is 11.9 Å². The molecule has 0 saturated heterocycles. The van der Waals surface area contributed by atoms with Crippen LogP contribution in [0.15, 0.2) is 18.2 Å². The Morgan fingerprint density at radius 2 is 1.46 bits per heavy atom. The van der Waals surface area contributed by atoms with Crippen LogP contribution in [-0.2, 0) is 28.7 Å². The summed E-state index contributed by atoms with van der Waals surface area (Å²) in [5.74, 6) is -1.49. The second-order valence-electron chi connectivity index (χ2n) is 8.19. The molecule has 0 bridgehead atoms. The van der Waals surface area contributed by atoms with Crippen molar-refractivity contribution in [2.75, 3.05) is 40.5 Å². The molecule has 0 spiro atoms. The van der Waals surface area contributed by atoms with Gasteiger partial charge in [0.25, 0.3) is 0 Å². The van der Waals surface area contributed by atoms with Crippen molar-refractivity contribution in [2.45, 2.75) is 32.6 Å². The van der Waals surface area contributed by atoms with E-state index in [1.165, 1.54) is 39.3 Å². The van der Waals surface area contributed by atoms with Gasteiger partial charge in [0, 0.05) is 24.9 Å². The first-order valence-electron chi connectivity index (χ1n) is 11.3. The Bertz CT molecular complexity index is 924. The molecule has 1 aromatic carbocycles. The minimum atomic E-state index is -0.639. The number of Topliss-reactive ketones (excluding diaryl/α,β-unsaturated/α-hetero) is 1. The number of esters is 2. The van der Waals surface area contributed by atoms with Crippen LogP contribution >= 0.6 is 0 Å². The van der Waals surface area contributed by atoms with Crippen LogP contribution in [0.2, 0.25) is 0 Å². The Balaban J connectivity index is 1.94. The number of ether oxygens (including phenoxy) is 4. The van der Waals surface area contributed by atoms with E-state index in [0.717, 1.165) is 12.8 Å². The number of ketones is 1. The average Bonchev–Trinajstić information content (AvgIpc) is 2.87. The van der Waals surface area contributed by atoms with Crippen LogP contribution in [0.5, 0.6) is 11.5 Å². The Labute approximate surface area is 203 Å². The number of nitrogens with one attached hydrogen (secondary N) is 2. The first kappa shape index (κ1) is 27.6. The van der Waals surface area contributed by atoms with Gasteiger partial charge in [-0.1, -0.05) is 0 Å². The number of hydrogen-bond donors (Lipinski definition) is 2. The minimum absolute atomic E-state index is 0.0639. The van der Waals surface area contributed by atoms with Crippen molar-refractivity contribution in [1.29, 1.82) is 0 Å². The zero-order valence-corrected chi connectivity index (χ0v) is 20.2. The predicted octanol–water partition coefficient (Wildman–Crippen LogP) is 1.03. The summed E-state index contributed by atoms with van der Waals surface area (Å²) in [6.45, 7) is 1.07. The normalized spacial score (nSPS) is 17.0. The maximum Gasteiger partial charge on any atom is 0.343 e. The minimum Gasteiger partial charge on any atom is -0.478 e. The lowest BCUT2D eigenvalue weighted by Gasteiger charge is -2.27. The molecule has 1 fully saturated rings. The molecular formula is C24H32N2O9. The third-order valence-electron chi connectivity index (χ3n) is 5.69. The SMILES string of the molecule is COC(=O)COc1ccc(C(=O)CNC(=O)C2CCC(CNC(C)=O)CC2)cc1OCC(=O)OC. The molecule has 0 heterocycles. The summed E-state index contributed by atoms with van der Waals surface area (Å²) in [5, 5.41) is 5.50. The smallest absolute Gasteiger partial charge is 0.343 e. The molecule has 0 aliphatic heterocycles. The van der Waals surface area contributed by atoms with Crippen molar-refractivity contribution >= 4 is 29.5 Å². The fourth-order valence-electron chi connectivity index (χ4n) is 3.64. The van der Waals surface area contributed by atoms with E-state index < -0.39 is 18.5 Å². The lowest BCUT2D eigenvalue weighted by Crippen LogP contribution is -2.37. The van der Waals surface area contributed by atoms with E-state index in [1.807, 2.05) is 0 Å². The van der Waals surface area contributed by atoms with Crippen molar-refractivity contribution in [3.05, 3.63) is 23.8 Å². The molecule has 11 nitrogen and oxygen atoms in total. The van der Waals surface area contributed by atoms with E-state index in [2.05, 4.69) is 20.1 Å². The summed E-state index contributed by atoms with van der Waals surface area (Å²) < 4.78 is 19.8. The molecule has 11 heteroatoms. The Hall–Kier alpha value is -3.63. The largest absolute Gasteiger partial charge is 0.478 e. The van der Waals surface area contributed by atoms with Crippen LogP contribution in [0.4, 0.5) is 0 Å². The van der Waals surface area contributed by atoms with Crippen molar-refractivity contribution in [3.63, 3.8) is 0 Å². The number of hydrogen-bond acceptors (Lipinski definition) is 9. The lowest BCUT2D eigenvalue weighted by molar-refractivity contribution is -0.144. The summed E-state index contributed by atoms with van der Waals surface area (Å²) in [5.41, 5.74) is 0.231. The standard InChI is InChI=1S/C24H32N2O9/c1-15(27)25-11-16-4-6-17(7-5-16)24(31)26-12-19(28)18-8-9-20(34-13-22(29)32-2)21(10-18)35-14-23(30)33-3/h8-10,16-17H,4-7,11-14H2,1-3H3,(H,25,27)(H,26,31). The fourth-order valence-corrected chi connectivity index (χ4v) is 3.64. The monoisotopic (exact) mass is 492 g/mol. The predicted molar refractivity (Wildman–Crippen MR) is 123 cm³/mol. The molecule has 1 aliphatic carbocycles. The second-order valence-corrected chi connectivity index (χ2v) is 8.19. The van der Waals surface area contributed by atoms with Crippen molar-refractivity contribution in [1.82, 2.24) is 10.6 Å². The molecule has 0 aromatic heterocycles. The maximum atomic E-state index is 12.7. The number of carbonyl (C=O) groups is 5. The highest BCUT2D eigenvalue weighted by atomic mass is 16.6. The molecule has 1 saturated carbocycles. The van der Waals surface area contributed by atoms with Gasteiger partial charge in [0.2, 0.25) is 11.8 Å². The van der Waals surface area contributed by atoms with Gasteiger partial charge in [0.1, 0.15) is 0 Å². The van der Waals surface area contributed by atoms with Gasteiger partial charge in [-0.3, -0.25) is 14.4 Å². The molecule has 0 unspecified atom stereocenters. The topological polar surface area (TPSA) is 146 Å². The molecule has 2 N–H and O–H groups in total. The van der Waals surface area contributed by atoms with E-state index in [4.69, 9.17) is 9.47 Å². The number of benzene rings is 1. The number of carbonyl (C=O) groups excluding carboxylic acids is 5. The first-order chi connectivity index (χ1) is 16.7. The second kappa shape index (κ2) is 13.9. The third-order valence-corrected chi connectivity index (χ3v) is 5.69. The molecule has 2 amide bonds. The highest BCUT2D eigenvalue weighted by molar-refractivity contribution is 6.00. The van der Waals surface area contributed by atoms with Gasteiger partial charge < -0.3 is 29.6 Å². The lowest BCUT2D eigenvalue weighted by atomic mass is 9.81. The van der Waals surface area contributed by atoms with E-state index in [-0.39, 0.29) is 53.7 Å². The number of amides is 2. The van der Waals surface area contributed by atoms with Gasteiger partial charge in [-0.15, -0.1) is 0 Å². The van der Waals surface area contributed by atoms with Crippen LogP contribution in [0.3, 0.4) is 0 Å².